The Morgan fingerprint density at radius 2 is 1.78 bits per heavy atom. The smallest absolute Gasteiger partial charge is 0.337 e. The van der Waals surface area contributed by atoms with Crippen LogP contribution >= 0.6 is 0 Å². The number of hydrogen-bond acceptors (Lipinski definition) is 2. The van der Waals surface area contributed by atoms with Crippen LogP contribution in [0.2, 0.25) is 0 Å². The normalized spacial score (nSPS) is 14.3. The van der Waals surface area contributed by atoms with Crippen LogP contribution in [0.1, 0.15) is 32.9 Å². The van der Waals surface area contributed by atoms with Crippen LogP contribution < -0.4 is 5.32 Å². The molecule has 0 saturated heterocycles. The van der Waals surface area contributed by atoms with Crippen molar-refractivity contribution in [2.45, 2.75) is 13.8 Å². The first kappa shape index (κ1) is 16.8. The van der Waals surface area contributed by atoms with Crippen molar-refractivity contribution in [1.29, 1.82) is 0 Å². The van der Waals surface area contributed by atoms with E-state index in [1.165, 1.54) is 0 Å². The number of amides is 1. The second kappa shape index (κ2) is 6.29. The summed E-state index contributed by atoms with van der Waals surface area (Å²) in [4.78, 5) is 27.0. The van der Waals surface area contributed by atoms with Gasteiger partial charge >= 0.3 is 5.97 Å². The zero-order valence-electron chi connectivity index (χ0n) is 15.0. The van der Waals surface area contributed by atoms with Crippen molar-refractivity contribution in [2.24, 2.45) is 0 Å². The molecule has 1 aliphatic rings. The predicted octanol–water partition coefficient (Wildman–Crippen LogP) is 4.49. The minimum Gasteiger partial charge on any atom is -0.478 e. The summed E-state index contributed by atoms with van der Waals surface area (Å²) in [6.07, 6.45) is 1.73. The van der Waals surface area contributed by atoms with Crippen molar-refractivity contribution in [3.05, 3.63) is 76.6 Å². The van der Waals surface area contributed by atoms with Crippen LogP contribution in [0.15, 0.2) is 48.5 Å². The van der Waals surface area contributed by atoms with E-state index in [4.69, 9.17) is 0 Å². The Kier molecular flexibility index (Phi) is 3.92. The fourth-order valence-electron chi connectivity index (χ4n) is 3.53. The standard InChI is InChI=1S/C22H18N2O3/c1-12-19(23-13(2)20(12)22(26)27)11-17-16-10-15(14-6-4-3-5-7-14)8-9-18(16)24-21(17)25/h3-11,23H,1-2H3,(H,24,25)(H,26,27). The molecule has 1 aromatic heterocycles. The summed E-state index contributed by atoms with van der Waals surface area (Å²) >= 11 is 0. The number of aromatic carboxylic acids is 1. The average Bonchev–Trinajstić information content (AvgIpc) is 3.11. The summed E-state index contributed by atoms with van der Waals surface area (Å²) in [6.45, 7) is 3.46. The van der Waals surface area contributed by atoms with Crippen molar-refractivity contribution in [2.75, 3.05) is 5.32 Å². The first-order valence-corrected chi connectivity index (χ1v) is 8.61. The van der Waals surface area contributed by atoms with Crippen LogP contribution in [-0.2, 0) is 4.79 Å². The number of carboxylic acid groups (broad SMARTS) is 1. The Morgan fingerprint density at radius 3 is 2.44 bits per heavy atom. The molecule has 0 spiro atoms. The summed E-state index contributed by atoms with van der Waals surface area (Å²) in [5, 5.41) is 12.2. The molecular weight excluding hydrogens is 340 g/mol. The van der Waals surface area contributed by atoms with E-state index in [2.05, 4.69) is 10.3 Å². The average molecular weight is 358 g/mol. The largest absolute Gasteiger partial charge is 0.478 e. The van der Waals surface area contributed by atoms with E-state index in [9.17, 15) is 14.7 Å². The maximum Gasteiger partial charge on any atom is 0.337 e. The molecule has 2 heterocycles. The molecule has 0 bridgehead atoms. The third-order valence-corrected chi connectivity index (χ3v) is 4.89. The lowest BCUT2D eigenvalue weighted by Gasteiger charge is -2.05. The molecule has 27 heavy (non-hydrogen) atoms. The van der Waals surface area contributed by atoms with Gasteiger partial charge in [0.1, 0.15) is 0 Å². The maximum absolute atomic E-state index is 12.5. The van der Waals surface area contributed by atoms with Gasteiger partial charge in [-0.3, -0.25) is 4.79 Å². The van der Waals surface area contributed by atoms with Crippen molar-refractivity contribution >= 4 is 29.2 Å². The number of carbonyl (C=O) groups excluding carboxylic acids is 1. The second-order valence-corrected chi connectivity index (χ2v) is 6.61. The lowest BCUT2D eigenvalue weighted by molar-refractivity contribution is -0.110. The number of anilines is 1. The fourth-order valence-corrected chi connectivity index (χ4v) is 3.53. The van der Waals surface area contributed by atoms with Crippen LogP contribution in [0.4, 0.5) is 5.69 Å². The summed E-state index contributed by atoms with van der Waals surface area (Å²) in [5.41, 5.74) is 6.24. The minimum absolute atomic E-state index is 0.196. The fraction of sp³-hybridized carbons (Fsp3) is 0.0909. The SMILES string of the molecule is Cc1[nH]c(C=C2C(=O)Nc3ccc(-c4ccccc4)cc32)c(C)c1C(=O)O. The highest BCUT2D eigenvalue weighted by atomic mass is 16.4. The van der Waals surface area contributed by atoms with Crippen molar-refractivity contribution in [1.82, 2.24) is 4.98 Å². The van der Waals surface area contributed by atoms with Crippen LogP contribution in [-0.4, -0.2) is 22.0 Å². The van der Waals surface area contributed by atoms with E-state index < -0.39 is 5.97 Å². The number of rotatable bonds is 3. The number of H-pyrrole nitrogens is 1. The van der Waals surface area contributed by atoms with Gasteiger partial charge in [-0.1, -0.05) is 36.4 Å². The molecule has 0 aliphatic carbocycles. The van der Waals surface area contributed by atoms with Gasteiger partial charge in [0, 0.05) is 22.6 Å². The van der Waals surface area contributed by atoms with E-state index in [0.717, 1.165) is 22.4 Å². The number of hydrogen-bond donors (Lipinski definition) is 3. The first-order chi connectivity index (χ1) is 13.0. The predicted molar refractivity (Wildman–Crippen MR) is 106 cm³/mol. The molecule has 1 amide bonds. The first-order valence-electron chi connectivity index (χ1n) is 8.61. The number of carboxylic acids is 1. The molecule has 3 aromatic rings. The van der Waals surface area contributed by atoms with Crippen LogP contribution in [0.25, 0.3) is 22.8 Å². The van der Waals surface area contributed by atoms with E-state index in [1.54, 1.807) is 19.9 Å². The van der Waals surface area contributed by atoms with Crippen molar-refractivity contribution < 1.29 is 14.7 Å². The zero-order chi connectivity index (χ0) is 19.1. The molecule has 134 valence electrons. The van der Waals surface area contributed by atoms with Crippen LogP contribution in [0.3, 0.4) is 0 Å². The topological polar surface area (TPSA) is 82.2 Å². The molecular formula is C22H18N2O3. The van der Waals surface area contributed by atoms with E-state index in [0.29, 0.717) is 22.5 Å². The highest BCUT2D eigenvalue weighted by Gasteiger charge is 2.26. The summed E-state index contributed by atoms with van der Waals surface area (Å²) in [6, 6.07) is 15.8. The molecule has 3 N–H and O–H groups in total. The third kappa shape index (κ3) is 2.83. The van der Waals surface area contributed by atoms with Gasteiger partial charge in [0.15, 0.2) is 0 Å². The number of aromatic amines is 1. The van der Waals surface area contributed by atoms with Gasteiger partial charge in [0.2, 0.25) is 0 Å². The zero-order valence-corrected chi connectivity index (χ0v) is 15.0. The van der Waals surface area contributed by atoms with Gasteiger partial charge in [-0.05, 0) is 48.7 Å². The van der Waals surface area contributed by atoms with Gasteiger partial charge < -0.3 is 15.4 Å². The lowest BCUT2D eigenvalue weighted by atomic mass is 9.98. The molecule has 2 aromatic carbocycles. The molecule has 0 radical (unpaired) electrons. The lowest BCUT2D eigenvalue weighted by Crippen LogP contribution is -2.03. The van der Waals surface area contributed by atoms with Crippen LogP contribution in [0.5, 0.6) is 0 Å². The molecule has 0 saturated carbocycles. The Hall–Kier alpha value is -3.60. The molecule has 4 rings (SSSR count). The quantitative estimate of drug-likeness (QED) is 0.603. The molecule has 0 unspecified atom stereocenters. The number of fused-ring (bicyclic) bond motifs is 1. The Balaban J connectivity index is 1.83. The van der Waals surface area contributed by atoms with Gasteiger partial charge in [-0.25, -0.2) is 4.79 Å². The number of aryl methyl sites for hydroxylation is 1. The van der Waals surface area contributed by atoms with Crippen molar-refractivity contribution in [3.8, 4) is 11.1 Å². The second-order valence-electron chi connectivity index (χ2n) is 6.61. The number of carbonyl (C=O) groups is 2. The Bertz CT molecular complexity index is 1110. The highest BCUT2D eigenvalue weighted by Crippen LogP contribution is 2.36. The number of aromatic nitrogens is 1. The van der Waals surface area contributed by atoms with Gasteiger partial charge in [-0.15, -0.1) is 0 Å². The Labute approximate surface area is 156 Å². The third-order valence-electron chi connectivity index (χ3n) is 4.89. The van der Waals surface area contributed by atoms with Gasteiger partial charge in [0.25, 0.3) is 5.91 Å². The summed E-state index contributed by atoms with van der Waals surface area (Å²) < 4.78 is 0. The van der Waals surface area contributed by atoms with Crippen LogP contribution in [0, 0.1) is 13.8 Å². The molecule has 5 heteroatoms. The number of benzene rings is 2. The maximum atomic E-state index is 12.5. The van der Waals surface area contributed by atoms with Crippen molar-refractivity contribution in [3.63, 3.8) is 0 Å². The number of nitrogens with one attached hydrogen (secondary N) is 2. The van der Waals surface area contributed by atoms with E-state index >= 15 is 0 Å². The Morgan fingerprint density at radius 1 is 1.04 bits per heavy atom. The summed E-state index contributed by atoms with van der Waals surface area (Å²) in [7, 11) is 0. The summed E-state index contributed by atoms with van der Waals surface area (Å²) in [5.74, 6) is -1.17. The molecule has 1 aliphatic heterocycles. The molecule has 5 nitrogen and oxygen atoms in total. The highest BCUT2D eigenvalue weighted by molar-refractivity contribution is 6.35. The van der Waals surface area contributed by atoms with E-state index in [1.807, 2.05) is 48.5 Å². The van der Waals surface area contributed by atoms with Gasteiger partial charge in [-0.2, -0.15) is 0 Å². The molecule has 0 atom stereocenters. The molecule has 0 fully saturated rings. The minimum atomic E-state index is -0.978. The monoisotopic (exact) mass is 358 g/mol. The van der Waals surface area contributed by atoms with E-state index in [-0.39, 0.29) is 11.5 Å². The van der Waals surface area contributed by atoms with Gasteiger partial charge in [0.05, 0.1) is 11.1 Å².